The molecule has 1 aliphatic carbocycles. The highest BCUT2D eigenvalue weighted by atomic mass is 19.1. The van der Waals surface area contributed by atoms with Gasteiger partial charge in [0.2, 0.25) is 5.88 Å². The van der Waals surface area contributed by atoms with Crippen molar-refractivity contribution in [3.8, 4) is 5.88 Å². The molecule has 1 aromatic rings. The van der Waals surface area contributed by atoms with E-state index in [0.717, 1.165) is 25.7 Å². The molecule has 6 heteroatoms. The third kappa shape index (κ3) is 4.04. The lowest BCUT2D eigenvalue weighted by Gasteiger charge is -2.27. The van der Waals surface area contributed by atoms with Crippen molar-refractivity contribution in [1.82, 2.24) is 4.98 Å². The summed E-state index contributed by atoms with van der Waals surface area (Å²) in [7, 11) is 0. The van der Waals surface area contributed by atoms with Crippen LogP contribution in [-0.2, 0) is 0 Å². The summed E-state index contributed by atoms with van der Waals surface area (Å²) in [5, 5.41) is 3.17. The Bertz CT molecular complexity index is 473. The molecule has 5 N–H and O–H groups in total. The first-order chi connectivity index (χ1) is 10.0. The molecule has 2 rings (SSSR count). The molecule has 1 heterocycles. The summed E-state index contributed by atoms with van der Waals surface area (Å²) in [6, 6.07) is 1.57. The number of nitrogens with one attached hydrogen (secondary N) is 1. The molecule has 1 atom stereocenters. The Morgan fingerprint density at radius 2 is 2.10 bits per heavy atom. The molecule has 21 heavy (non-hydrogen) atoms. The second kappa shape index (κ2) is 7.04. The zero-order valence-electron chi connectivity index (χ0n) is 12.7. The zero-order valence-corrected chi connectivity index (χ0v) is 12.7. The Labute approximate surface area is 125 Å². The van der Waals surface area contributed by atoms with E-state index in [1.54, 1.807) is 6.92 Å². The van der Waals surface area contributed by atoms with Crippen LogP contribution in [0.25, 0.3) is 0 Å². The summed E-state index contributed by atoms with van der Waals surface area (Å²) in [5.41, 5.74) is 12.3. The van der Waals surface area contributed by atoms with Gasteiger partial charge in [0, 0.05) is 23.7 Å². The lowest BCUT2D eigenvalue weighted by molar-refractivity contribution is 0.320. The summed E-state index contributed by atoms with van der Waals surface area (Å²) in [6.07, 6.45) is 3.77. The van der Waals surface area contributed by atoms with Gasteiger partial charge in [-0.1, -0.05) is 0 Å². The van der Waals surface area contributed by atoms with E-state index < -0.39 is 0 Å². The predicted octanol–water partition coefficient (Wildman–Crippen LogP) is 2.32. The molecule has 118 valence electrons. The highest BCUT2D eigenvalue weighted by molar-refractivity contribution is 5.45. The largest absolute Gasteiger partial charge is 0.478 e. The summed E-state index contributed by atoms with van der Waals surface area (Å²) in [4.78, 5) is 4.28. The van der Waals surface area contributed by atoms with Crippen LogP contribution in [0.1, 0.15) is 51.1 Å². The van der Waals surface area contributed by atoms with Gasteiger partial charge < -0.3 is 21.5 Å². The highest BCUT2D eigenvalue weighted by Gasteiger charge is 2.21. The second-order valence-electron chi connectivity index (χ2n) is 5.69. The predicted molar refractivity (Wildman–Crippen MR) is 81.8 cm³/mol. The number of aromatic nitrogens is 1. The Morgan fingerprint density at radius 1 is 1.43 bits per heavy atom. The molecule has 1 saturated carbocycles. The zero-order chi connectivity index (χ0) is 15.4. The van der Waals surface area contributed by atoms with Crippen molar-refractivity contribution >= 4 is 5.82 Å². The molecule has 0 amide bonds. The minimum Gasteiger partial charge on any atom is -0.478 e. The van der Waals surface area contributed by atoms with Crippen molar-refractivity contribution < 1.29 is 9.13 Å². The number of anilines is 1. The fraction of sp³-hybridized carbons (Fsp3) is 0.667. The quantitative estimate of drug-likeness (QED) is 0.776. The summed E-state index contributed by atoms with van der Waals surface area (Å²) in [6.45, 7) is 4.12. The molecule has 1 unspecified atom stereocenters. The third-order valence-corrected chi connectivity index (χ3v) is 3.85. The molecule has 0 saturated heterocycles. The van der Waals surface area contributed by atoms with E-state index in [-0.39, 0.29) is 29.8 Å². The topological polar surface area (TPSA) is 86.2 Å². The molecule has 0 spiro atoms. The molecule has 1 aromatic heterocycles. The normalized spacial score (nSPS) is 23.7. The van der Waals surface area contributed by atoms with E-state index >= 15 is 0 Å². The lowest BCUT2D eigenvalue weighted by Crippen LogP contribution is -2.33. The van der Waals surface area contributed by atoms with Crippen molar-refractivity contribution in [2.24, 2.45) is 11.5 Å². The van der Waals surface area contributed by atoms with Crippen molar-refractivity contribution in [2.75, 3.05) is 11.9 Å². The number of hydrogen-bond acceptors (Lipinski definition) is 5. The molecule has 0 aliphatic heterocycles. The summed E-state index contributed by atoms with van der Waals surface area (Å²) < 4.78 is 19.7. The van der Waals surface area contributed by atoms with Crippen LogP contribution in [0.4, 0.5) is 10.2 Å². The van der Waals surface area contributed by atoms with Crippen LogP contribution in [0.2, 0.25) is 0 Å². The van der Waals surface area contributed by atoms with Crippen LogP contribution >= 0.6 is 0 Å². The van der Waals surface area contributed by atoms with E-state index in [0.29, 0.717) is 18.1 Å². The van der Waals surface area contributed by atoms with Gasteiger partial charge in [0.1, 0.15) is 0 Å². The van der Waals surface area contributed by atoms with Gasteiger partial charge in [0.25, 0.3) is 0 Å². The van der Waals surface area contributed by atoms with Crippen LogP contribution in [0, 0.1) is 5.82 Å². The van der Waals surface area contributed by atoms with Gasteiger partial charge in [0.05, 0.1) is 6.61 Å². The van der Waals surface area contributed by atoms with Gasteiger partial charge in [-0.05, 0) is 45.6 Å². The van der Waals surface area contributed by atoms with Gasteiger partial charge in [0.15, 0.2) is 11.6 Å². The van der Waals surface area contributed by atoms with Gasteiger partial charge >= 0.3 is 0 Å². The molecule has 1 fully saturated rings. The fourth-order valence-electron chi connectivity index (χ4n) is 2.62. The van der Waals surface area contributed by atoms with Gasteiger partial charge in [-0.2, -0.15) is 4.98 Å². The van der Waals surface area contributed by atoms with E-state index in [4.69, 9.17) is 16.2 Å². The monoisotopic (exact) mass is 296 g/mol. The third-order valence-electron chi connectivity index (χ3n) is 3.85. The van der Waals surface area contributed by atoms with Crippen LogP contribution in [-0.4, -0.2) is 23.7 Å². The minimum absolute atomic E-state index is 0.211. The SMILES string of the molecule is CCOc1nc(NC2CCC(N)CC2)c(F)cc1C(C)N. The lowest BCUT2D eigenvalue weighted by atomic mass is 9.92. The van der Waals surface area contributed by atoms with Crippen LogP contribution in [0.3, 0.4) is 0 Å². The first kappa shape index (κ1) is 16.0. The highest BCUT2D eigenvalue weighted by Crippen LogP contribution is 2.28. The smallest absolute Gasteiger partial charge is 0.220 e. The molecular weight excluding hydrogens is 271 g/mol. The van der Waals surface area contributed by atoms with Crippen LogP contribution < -0.4 is 21.5 Å². The van der Waals surface area contributed by atoms with Crippen LogP contribution in [0.15, 0.2) is 6.07 Å². The number of pyridine rings is 1. The Morgan fingerprint density at radius 3 is 2.67 bits per heavy atom. The minimum atomic E-state index is -0.388. The number of hydrogen-bond donors (Lipinski definition) is 3. The summed E-state index contributed by atoms with van der Waals surface area (Å²) >= 11 is 0. The number of nitrogens with zero attached hydrogens (tertiary/aromatic N) is 1. The van der Waals surface area contributed by atoms with Crippen molar-refractivity contribution in [2.45, 2.75) is 57.7 Å². The fourth-order valence-corrected chi connectivity index (χ4v) is 2.62. The first-order valence-electron chi connectivity index (χ1n) is 7.62. The van der Waals surface area contributed by atoms with Crippen molar-refractivity contribution in [3.63, 3.8) is 0 Å². The average Bonchev–Trinajstić information content (AvgIpc) is 2.44. The Balaban J connectivity index is 2.17. The maximum atomic E-state index is 14.2. The molecular formula is C15H25FN4O. The van der Waals surface area contributed by atoms with E-state index in [1.807, 2.05) is 6.92 Å². The molecule has 5 nitrogen and oxygen atoms in total. The Kier molecular flexibility index (Phi) is 5.36. The number of halogens is 1. The standard InChI is InChI=1S/C15H25FN4O/c1-3-21-15-12(9(2)17)8-13(16)14(20-15)19-11-6-4-10(18)5-7-11/h8-11H,3-7,17-18H2,1-2H3,(H,19,20). The molecule has 0 radical (unpaired) electrons. The first-order valence-corrected chi connectivity index (χ1v) is 7.62. The number of nitrogens with two attached hydrogens (primary N) is 2. The van der Waals surface area contributed by atoms with Gasteiger partial charge in [-0.25, -0.2) is 4.39 Å². The maximum absolute atomic E-state index is 14.2. The van der Waals surface area contributed by atoms with Gasteiger partial charge in [-0.15, -0.1) is 0 Å². The number of ether oxygens (including phenoxy) is 1. The molecule has 1 aliphatic rings. The van der Waals surface area contributed by atoms with E-state index in [2.05, 4.69) is 10.3 Å². The number of rotatable bonds is 5. The molecule has 0 bridgehead atoms. The van der Waals surface area contributed by atoms with Crippen molar-refractivity contribution in [3.05, 3.63) is 17.4 Å². The Hall–Kier alpha value is -1.40. The van der Waals surface area contributed by atoms with Gasteiger partial charge in [-0.3, -0.25) is 0 Å². The molecule has 0 aromatic carbocycles. The van der Waals surface area contributed by atoms with Crippen molar-refractivity contribution in [1.29, 1.82) is 0 Å². The van der Waals surface area contributed by atoms with Crippen LogP contribution in [0.5, 0.6) is 5.88 Å². The second-order valence-corrected chi connectivity index (χ2v) is 5.69. The van der Waals surface area contributed by atoms with E-state index in [9.17, 15) is 4.39 Å². The maximum Gasteiger partial charge on any atom is 0.220 e. The summed E-state index contributed by atoms with van der Waals surface area (Å²) in [5.74, 6) is 0.257. The van der Waals surface area contributed by atoms with E-state index in [1.165, 1.54) is 6.07 Å². The average molecular weight is 296 g/mol.